The lowest BCUT2D eigenvalue weighted by Crippen LogP contribution is -2.01. The van der Waals surface area contributed by atoms with Gasteiger partial charge in [0.05, 0.1) is 17.3 Å². The fourth-order valence-corrected chi connectivity index (χ4v) is 5.80. The van der Waals surface area contributed by atoms with E-state index >= 15 is 0 Å². The smallest absolute Gasteiger partial charge is 0.143 e. The highest BCUT2D eigenvalue weighted by molar-refractivity contribution is 5.86. The monoisotopic (exact) mass is 604 g/mol. The standard InChI is InChI=1S/C44H32N2O/c45-29-31-11-15-35(16-12-31)36-19-21-37(22-20-36)38-23-25-39(26-24-38)41-27-42(40-9-5-2-6-10-40)44(46)43(28-41)47-30-32-13-17-34(18-14-32)33-7-3-1-4-8-33/h1-28H,30,46H2. The summed E-state index contributed by atoms with van der Waals surface area (Å²) in [4.78, 5) is 0. The van der Waals surface area contributed by atoms with Gasteiger partial charge in [-0.1, -0.05) is 146 Å². The second-order valence-electron chi connectivity index (χ2n) is 11.5. The maximum Gasteiger partial charge on any atom is 0.143 e. The summed E-state index contributed by atoms with van der Waals surface area (Å²) in [5.41, 5.74) is 20.1. The quantitative estimate of drug-likeness (QED) is 0.176. The van der Waals surface area contributed by atoms with Crippen molar-refractivity contribution in [3.05, 3.63) is 181 Å². The van der Waals surface area contributed by atoms with Crippen LogP contribution in [0.5, 0.6) is 5.75 Å². The third kappa shape index (κ3) is 6.54. The van der Waals surface area contributed by atoms with Crippen LogP contribution >= 0.6 is 0 Å². The average Bonchev–Trinajstić information content (AvgIpc) is 3.15. The molecule has 0 spiro atoms. The molecular weight excluding hydrogens is 572 g/mol. The Morgan fingerprint density at radius 2 is 0.851 bits per heavy atom. The molecular formula is C44H32N2O. The topological polar surface area (TPSA) is 59.0 Å². The number of anilines is 1. The molecule has 7 aromatic rings. The Morgan fingerprint density at radius 1 is 0.447 bits per heavy atom. The number of benzene rings is 7. The first kappa shape index (κ1) is 29.3. The van der Waals surface area contributed by atoms with Crippen molar-refractivity contribution in [1.29, 1.82) is 5.26 Å². The lowest BCUT2D eigenvalue weighted by molar-refractivity contribution is 0.308. The predicted molar refractivity (Wildman–Crippen MR) is 194 cm³/mol. The number of nitrogens with two attached hydrogens (primary N) is 1. The number of nitrogens with zero attached hydrogens (tertiary/aromatic N) is 1. The van der Waals surface area contributed by atoms with E-state index in [1.54, 1.807) is 0 Å². The van der Waals surface area contributed by atoms with E-state index in [0.717, 1.165) is 50.1 Å². The summed E-state index contributed by atoms with van der Waals surface area (Å²) in [7, 11) is 0. The summed E-state index contributed by atoms with van der Waals surface area (Å²) in [5, 5.41) is 9.09. The van der Waals surface area contributed by atoms with E-state index in [-0.39, 0.29) is 0 Å². The minimum Gasteiger partial charge on any atom is -0.487 e. The molecule has 7 rings (SSSR count). The maximum absolute atomic E-state index is 9.09. The number of nitrogen functional groups attached to an aromatic ring is 1. The normalized spacial score (nSPS) is 10.7. The van der Waals surface area contributed by atoms with Crippen molar-refractivity contribution in [2.24, 2.45) is 0 Å². The molecule has 0 aromatic heterocycles. The largest absolute Gasteiger partial charge is 0.487 e. The van der Waals surface area contributed by atoms with Gasteiger partial charge in [0, 0.05) is 5.56 Å². The van der Waals surface area contributed by atoms with Gasteiger partial charge < -0.3 is 10.5 Å². The van der Waals surface area contributed by atoms with Crippen molar-refractivity contribution in [3.8, 4) is 67.5 Å². The third-order valence-electron chi connectivity index (χ3n) is 8.47. The van der Waals surface area contributed by atoms with Gasteiger partial charge in [0.15, 0.2) is 0 Å². The summed E-state index contributed by atoms with van der Waals surface area (Å²) >= 11 is 0. The Kier molecular flexibility index (Phi) is 8.32. The molecule has 0 radical (unpaired) electrons. The first-order valence-electron chi connectivity index (χ1n) is 15.6. The van der Waals surface area contributed by atoms with Crippen molar-refractivity contribution in [2.75, 3.05) is 5.73 Å². The number of rotatable bonds is 8. The van der Waals surface area contributed by atoms with Crippen molar-refractivity contribution in [1.82, 2.24) is 0 Å². The highest BCUT2D eigenvalue weighted by atomic mass is 16.5. The molecule has 0 aliphatic rings. The van der Waals surface area contributed by atoms with Crippen LogP contribution in [0.3, 0.4) is 0 Å². The molecule has 3 nitrogen and oxygen atoms in total. The average molecular weight is 605 g/mol. The summed E-state index contributed by atoms with van der Waals surface area (Å²) in [5.74, 6) is 0.663. The third-order valence-corrected chi connectivity index (χ3v) is 8.47. The Balaban J connectivity index is 1.14. The second kappa shape index (κ2) is 13.3. The second-order valence-corrected chi connectivity index (χ2v) is 11.5. The SMILES string of the molecule is N#Cc1ccc(-c2ccc(-c3ccc(-c4cc(OCc5ccc(-c6ccccc6)cc5)c(N)c(-c5ccccc5)c4)cc3)cc2)cc1. The molecule has 0 aliphatic heterocycles. The molecule has 224 valence electrons. The van der Waals surface area contributed by atoms with E-state index in [1.165, 1.54) is 11.1 Å². The van der Waals surface area contributed by atoms with E-state index in [2.05, 4.69) is 121 Å². The van der Waals surface area contributed by atoms with Crippen molar-refractivity contribution in [2.45, 2.75) is 6.61 Å². The predicted octanol–water partition coefficient (Wildman–Crippen LogP) is 11.1. The highest BCUT2D eigenvalue weighted by Crippen LogP contribution is 2.39. The Hall–Kier alpha value is -6.37. The number of ether oxygens (including phenoxy) is 1. The van der Waals surface area contributed by atoms with E-state index in [0.29, 0.717) is 23.6 Å². The van der Waals surface area contributed by atoms with Crippen molar-refractivity contribution >= 4 is 5.69 Å². The van der Waals surface area contributed by atoms with Gasteiger partial charge in [-0.15, -0.1) is 0 Å². The van der Waals surface area contributed by atoms with E-state index in [9.17, 15) is 0 Å². The molecule has 0 amide bonds. The van der Waals surface area contributed by atoms with Gasteiger partial charge in [-0.25, -0.2) is 0 Å². The molecule has 0 heterocycles. The van der Waals surface area contributed by atoms with Crippen LogP contribution in [0.15, 0.2) is 170 Å². The summed E-state index contributed by atoms with van der Waals surface area (Å²) in [6.45, 7) is 0.411. The highest BCUT2D eigenvalue weighted by Gasteiger charge is 2.14. The van der Waals surface area contributed by atoms with Gasteiger partial charge in [0.2, 0.25) is 0 Å². The van der Waals surface area contributed by atoms with Gasteiger partial charge >= 0.3 is 0 Å². The molecule has 0 unspecified atom stereocenters. The van der Waals surface area contributed by atoms with Crippen LogP contribution in [0.2, 0.25) is 0 Å². The van der Waals surface area contributed by atoms with Gasteiger partial charge in [-0.3, -0.25) is 0 Å². The molecule has 0 saturated heterocycles. The first-order chi connectivity index (χ1) is 23.1. The Morgan fingerprint density at radius 3 is 1.34 bits per heavy atom. The van der Waals surface area contributed by atoms with Crippen molar-refractivity contribution < 1.29 is 4.74 Å². The summed E-state index contributed by atoms with van der Waals surface area (Å²) < 4.78 is 6.41. The van der Waals surface area contributed by atoms with Crippen LogP contribution in [-0.4, -0.2) is 0 Å². The maximum atomic E-state index is 9.09. The lowest BCUT2D eigenvalue weighted by atomic mass is 9.95. The number of hydrogen-bond acceptors (Lipinski definition) is 3. The molecule has 3 heteroatoms. The van der Waals surface area contributed by atoms with Crippen LogP contribution in [0, 0.1) is 11.3 Å². The fraction of sp³-hybridized carbons (Fsp3) is 0.0227. The Bertz CT molecular complexity index is 2150. The minimum atomic E-state index is 0.411. The molecule has 47 heavy (non-hydrogen) atoms. The zero-order valence-electron chi connectivity index (χ0n) is 25.8. The number of hydrogen-bond donors (Lipinski definition) is 1. The summed E-state index contributed by atoms with van der Waals surface area (Å²) in [6.07, 6.45) is 0. The van der Waals surface area contributed by atoms with E-state index < -0.39 is 0 Å². The van der Waals surface area contributed by atoms with Crippen LogP contribution in [0.4, 0.5) is 5.69 Å². The van der Waals surface area contributed by atoms with Crippen LogP contribution in [0.25, 0.3) is 55.6 Å². The molecule has 0 atom stereocenters. The molecule has 7 aromatic carbocycles. The van der Waals surface area contributed by atoms with Gasteiger partial charge in [-0.05, 0) is 79.9 Å². The van der Waals surface area contributed by atoms with Gasteiger partial charge in [0.25, 0.3) is 0 Å². The Labute approximate surface area is 275 Å². The first-order valence-corrected chi connectivity index (χ1v) is 15.6. The van der Waals surface area contributed by atoms with E-state index in [4.69, 9.17) is 15.7 Å². The van der Waals surface area contributed by atoms with Crippen LogP contribution < -0.4 is 10.5 Å². The molecule has 0 fully saturated rings. The zero-order valence-corrected chi connectivity index (χ0v) is 25.8. The minimum absolute atomic E-state index is 0.411. The lowest BCUT2D eigenvalue weighted by Gasteiger charge is -2.16. The zero-order chi connectivity index (χ0) is 32.0. The number of nitriles is 1. The van der Waals surface area contributed by atoms with Gasteiger partial charge in [0.1, 0.15) is 12.4 Å². The van der Waals surface area contributed by atoms with Crippen molar-refractivity contribution in [3.63, 3.8) is 0 Å². The molecule has 0 saturated carbocycles. The molecule has 0 bridgehead atoms. The van der Waals surface area contributed by atoms with Crippen LogP contribution in [0.1, 0.15) is 11.1 Å². The van der Waals surface area contributed by atoms with E-state index in [1.807, 2.05) is 54.6 Å². The molecule has 2 N–H and O–H groups in total. The molecule has 0 aliphatic carbocycles. The summed E-state index contributed by atoms with van der Waals surface area (Å²) in [6, 6.07) is 60.2. The fourth-order valence-electron chi connectivity index (χ4n) is 5.80. The van der Waals surface area contributed by atoms with Crippen LogP contribution in [-0.2, 0) is 6.61 Å². The van der Waals surface area contributed by atoms with Gasteiger partial charge in [-0.2, -0.15) is 5.26 Å².